The molecule has 152 valence electrons. The van der Waals surface area contributed by atoms with E-state index in [4.69, 9.17) is 11.6 Å². The second-order valence-corrected chi connectivity index (χ2v) is 8.25. The molecule has 0 saturated heterocycles. The molecule has 2 amide bonds. The number of carbonyl (C=O) groups excluding carboxylic acids is 2. The molecule has 0 fully saturated rings. The molecule has 1 aliphatic heterocycles. The summed E-state index contributed by atoms with van der Waals surface area (Å²) in [5, 5.41) is 3.54. The van der Waals surface area contributed by atoms with Crippen molar-refractivity contribution in [2.45, 2.75) is 23.9 Å². The number of fused-ring (bicyclic) bond motifs is 1. The fourth-order valence-corrected chi connectivity index (χ4v) is 4.07. The van der Waals surface area contributed by atoms with Crippen LogP contribution in [0.2, 0.25) is 5.02 Å². The molecule has 2 heterocycles. The Morgan fingerprint density at radius 3 is 2.57 bits per heavy atom. The number of rotatable bonds is 6. The molecular weight excluding hydrogens is 418 g/mol. The fourth-order valence-electron chi connectivity index (χ4n) is 3.54. The summed E-state index contributed by atoms with van der Waals surface area (Å²) in [6, 6.07) is 18.1. The van der Waals surface area contributed by atoms with Gasteiger partial charge in [0, 0.05) is 28.3 Å². The number of hydrogen-bond donors (Lipinski definition) is 1. The van der Waals surface area contributed by atoms with Crippen molar-refractivity contribution in [1.82, 2.24) is 10.3 Å². The van der Waals surface area contributed by atoms with E-state index in [1.165, 1.54) is 4.90 Å². The predicted octanol–water partition coefficient (Wildman–Crippen LogP) is 4.86. The predicted molar refractivity (Wildman–Crippen MR) is 120 cm³/mol. The molecule has 2 aromatic carbocycles. The van der Waals surface area contributed by atoms with Crippen molar-refractivity contribution in [3.05, 3.63) is 88.7 Å². The molecular formula is C23H20ClN3O2S. The summed E-state index contributed by atoms with van der Waals surface area (Å²) in [5.41, 5.74) is 2.86. The zero-order valence-electron chi connectivity index (χ0n) is 16.3. The second kappa shape index (κ2) is 8.90. The van der Waals surface area contributed by atoms with Crippen LogP contribution in [0.3, 0.4) is 0 Å². The molecule has 1 aliphatic rings. The van der Waals surface area contributed by atoms with Gasteiger partial charge in [0.2, 0.25) is 5.91 Å². The number of amides is 2. The van der Waals surface area contributed by atoms with E-state index in [2.05, 4.69) is 10.3 Å². The average Bonchev–Trinajstić information content (AvgIpc) is 3.05. The first-order valence-electron chi connectivity index (χ1n) is 9.50. The fraction of sp³-hybridized carbons (Fsp3) is 0.174. The monoisotopic (exact) mass is 437 g/mol. The topological polar surface area (TPSA) is 62.3 Å². The van der Waals surface area contributed by atoms with E-state index in [9.17, 15) is 9.59 Å². The number of carbonyl (C=O) groups is 2. The lowest BCUT2D eigenvalue weighted by Gasteiger charge is -2.24. The van der Waals surface area contributed by atoms with Gasteiger partial charge in [-0.05, 0) is 60.4 Å². The number of benzene rings is 2. The van der Waals surface area contributed by atoms with Gasteiger partial charge in [-0.1, -0.05) is 23.7 Å². The summed E-state index contributed by atoms with van der Waals surface area (Å²) in [6.45, 7) is 0.435. The van der Waals surface area contributed by atoms with Gasteiger partial charge in [-0.15, -0.1) is 11.8 Å². The molecule has 0 radical (unpaired) electrons. The number of aromatic nitrogens is 1. The molecule has 1 atom stereocenters. The van der Waals surface area contributed by atoms with E-state index in [0.717, 1.165) is 5.56 Å². The Balaban J connectivity index is 1.52. The molecule has 3 aromatic rings. The first-order valence-corrected chi connectivity index (χ1v) is 11.1. The van der Waals surface area contributed by atoms with Crippen LogP contribution in [0.15, 0.2) is 71.8 Å². The van der Waals surface area contributed by atoms with Crippen LogP contribution in [0.25, 0.3) is 0 Å². The molecule has 0 bridgehead atoms. The zero-order chi connectivity index (χ0) is 21.1. The van der Waals surface area contributed by atoms with Crippen molar-refractivity contribution in [3.8, 4) is 0 Å². The molecule has 4 rings (SSSR count). The Hall–Kier alpha value is -2.83. The second-order valence-electron chi connectivity index (χ2n) is 6.93. The van der Waals surface area contributed by atoms with Crippen LogP contribution >= 0.6 is 23.4 Å². The van der Waals surface area contributed by atoms with Gasteiger partial charge in [0.1, 0.15) is 0 Å². The number of thioether (sulfide) groups is 1. The van der Waals surface area contributed by atoms with Crippen LogP contribution in [-0.4, -0.2) is 23.1 Å². The summed E-state index contributed by atoms with van der Waals surface area (Å²) in [7, 11) is 0. The maximum absolute atomic E-state index is 13.0. The van der Waals surface area contributed by atoms with Gasteiger partial charge in [-0.2, -0.15) is 0 Å². The van der Waals surface area contributed by atoms with Crippen molar-refractivity contribution in [2.75, 3.05) is 11.2 Å². The standard InChI is InChI=1S/C23H20ClN3O2S/c1-30-18-10-4-15(5-11-18)14-26-21(28)13-20-22-19(3-2-12-25-22)23(29)27(20)17-8-6-16(24)7-9-17/h2-12,20H,13-14H2,1H3,(H,26,28)/t20-/m0/s1. The first kappa shape index (κ1) is 20.4. The van der Waals surface area contributed by atoms with E-state index < -0.39 is 6.04 Å². The third kappa shape index (κ3) is 4.20. The van der Waals surface area contributed by atoms with E-state index in [1.807, 2.05) is 30.5 Å². The average molecular weight is 438 g/mol. The normalized spacial score (nSPS) is 15.2. The van der Waals surface area contributed by atoms with E-state index in [0.29, 0.717) is 28.5 Å². The van der Waals surface area contributed by atoms with Gasteiger partial charge < -0.3 is 5.32 Å². The molecule has 0 spiro atoms. The number of halogens is 1. The summed E-state index contributed by atoms with van der Waals surface area (Å²) in [6.07, 6.45) is 3.80. The molecule has 1 N–H and O–H groups in total. The van der Waals surface area contributed by atoms with E-state index in [1.54, 1.807) is 59.3 Å². The number of anilines is 1. The molecule has 5 nitrogen and oxygen atoms in total. The molecule has 30 heavy (non-hydrogen) atoms. The van der Waals surface area contributed by atoms with Gasteiger partial charge in [0.25, 0.3) is 5.91 Å². The van der Waals surface area contributed by atoms with Crippen LogP contribution in [-0.2, 0) is 11.3 Å². The molecule has 1 aromatic heterocycles. The smallest absolute Gasteiger partial charge is 0.260 e. The lowest BCUT2D eigenvalue weighted by atomic mass is 10.1. The maximum atomic E-state index is 13.0. The zero-order valence-corrected chi connectivity index (χ0v) is 17.9. The third-order valence-corrected chi connectivity index (χ3v) is 6.04. The van der Waals surface area contributed by atoms with Gasteiger partial charge in [0.15, 0.2) is 0 Å². The number of hydrogen-bond acceptors (Lipinski definition) is 4. The summed E-state index contributed by atoms with van der Waals surface area (Å²) < 4.78 is 0. The van der Waals surface area contributed by atoms with Crippen LogP contribution in [0, 0.1) is 0 Å². The minimum atomic E-state index is -0.464. The number of nitrogens with zero attached hydrogens (tertiary/aromatic N) is 2. The summed E-state index contributed by atoms with van der Waals surface area (Å²) in [5.74, 6) is -0.301. The Bertz CT molecular complexity index is 1070. The third-order valence-electron chi connectivity index (χ3n) is 5.05. The van der Waals surface area contributed by atoms with Crippen LogP contribution in [0.5, 0.6) is 0 Å². The minimum absolute atomic E-state index is 0.126. The van der Waals surface area contributed by atoms with Gasteiger partial charge >= 0.3 is 0 Å². The highest BCUT2D eigenvalue weighted by Gasteiger charge is 2.39. The van der Waals surface area contributed by atoms with Crippen LogP contribution in [0.1, 0.15) is 34.1 Å². The quantitative estimate of drug-likeness (QED) is 0.559. The highest BCUT2D eigenvalue weighted by molar-refractivity contribution is 7.98. The Kier molecular flexibility index (Phi) is 6.06. The number of nitrogens with one attached hydrogen (secondary N) is 1. The van der Waals surface area contributed by atoms with Crippen molar-refractivity contribution < 1.29 is 9.59 Å². The van der Waals surface area contributed by atoms with Gasteiger partial charge in [-0.25, -0.2) is 0 Å². The number of pyridine rings is 1. The molecule has 0 aliphatic carbocycles. The van der Waals surface area contributed by atoms with Crippen LogP contribution < -0.4 is 10.2 Å². The Morgan fingerprint density at radius 2 is 1.87 bits per heavy atom. The largest absolute Gasteiger partial charge is 0.352 e. The van der Waals surface area contributed by atoms with Gasteiger partial charge in [0.05, 0.1) is 23.7 Å². The Morgan fingerprint density at radius 1 is 1.13 bits per heavy atom. The van der Waals surface area contributed by atoms with Crippen LogP contribution in [0.4, 0.5) is 5.69 Å². The van der Waals surface area contributed by atoms with E-state index >= 15 is 0 Å². The first-order chi connectivity index (χ1) is 14.6. The molecule has 0 saturated carbocycles. The van der Waals surface area contributed by atoms with Crippen molar-refractivity contribution in [3.63, 3.8) is 0 Å². The molecule has 7 heteroatoms. The summed E-state index contributed by atoms with van der Waals surface area (Å²) >= 11 is 7.68. The molecule has 0 unspecified atom stereocenters. The highest BCUT2D eigenvalue weighted by Crippen LogP contribution is 2.38. The van der Waals surface area contributed by atoms with Crippen molar-refractivity contribution in [1.29, 1.82) is 0 Å². The SMILES string of the molecule is CSc1ccc(CNC(=O)C[C@H]2c3ncccc3C(=O)N2c2ccc(Cl)cc2)cc1. The lowest BCUT2D eigenvalue weighted by Crippen LogP contribution is -2.32. The maximum Gasteiger partial charge on any atom is 0.260 e. The minimum Gasteiger partial charge on any atom is -0.352 e. The van der Waals surface area contributed by atoms with Crippen molar-refractivity contribution in [2.24, 2.45) is 0 Å². The highest BCUT2D eigenvalue weighted by atomic mass is 35.5. The Labute approximate surface area is 184 Å². The van der Waals surface area contributed by atoms with E-state index in [-0.39, 0.29) is 18.2 Å². The van der Waals surface area contributed by atoms with Crippen molar-refractivity contribution >= 4 is 40.9 Å². The lowest BCUT2D eigenvalue weighted by molar-refractivity contribution is -0.121. The summed E-state index contributed by atoms with van der Waals surface area (Å²) in [4.78, 5) is 33.0. The van der Waals surface area contributed by atoms with Gasteiger partial charge in [-0.3, -0.25) is 19.5 Å².